The average molecular weight is 493 g/mol. The Labute approximate surface area is 201 Å². The summed E-state index contributed by atoms with van der Waals surface area (Å²) in [6, 6.07) is 11.1. The maximum Gasteiger partial charge on any atom is 0.414 e. The molecule has 0 radical (unpaired) electrons. The molecule has 0 aliphatic rings. The van der Waals surface area contributed by atoms with Crippen molar-refractivity contribution in [1.29, 1.82) is 0 Å². The van der Waals surface area contributed by atoms with E-state index in [2.05, 4.69) is 20.2 Å². The number of aromatic amines is 2. The van der Waals surface area contributed by atoms with E-state index in [4.69, 9.17) is 0 Å². The fourth-order valence-electron chi connectivity index (χ4n) is 4.11. The molecule has 0 spiro atoms. The number of carboxylic acid groups (broad SMARTS) is 1. The van der Waals surface area contributed by atoms with Crippen LogP contribution < -0.4 is 10.5 Å². The van der Waals surface area contributed by atoms with Gasteiger partial charge in [-0.1, -0.05) is 12.1 Å². The summed E-state index contributed by atoms with van der Waals surface area (Å²) in [5.74, 6) is -2.59. The highest BCUT2D eigenvalue weighted by molar-refractivity contribution is 5.89. The number of anilines is 1. The lowest BCUT2D eigenvalue weighted by atomic mass is 9.98. The van der Waals surface area contributed by atoms with Crippen molar-refractivity contribution in [2.75, 3.05) is 11.4 Å². The van der Waals surface area contributed by atoms with Crippen LogP contribution in [0.5, 0.6) is 0 Å². The number of nitrogens with one attached hydrogen (secondary N) is 2. The minimum Gasteiger partial charge on any atom is -0.465 e. The van der Waals surface area contributed by atoms with E-state index in [0.29, 0.717) is 27.9 Å². The van der Waals surface area contributed by atoms with Crippen LogP contribution in [0.2, 0.25) is 0 Å². The Hall–Kier alpha value is -4.67. The molecule has 3 aromatic carbocycles. The van der Waals surface area contributed by atoms with E-state index in [-0.39, 0.29) is 35.2 Å². The first-order valence-electron chi connectivity index (χ1n) is 10.9. The van der Waals surface area contributed by atoms with Crippen LogP contribution >= 0.6 is 0 Å². The second-order valence-corrected chi connectivity index (χ2v) is 8.12. The molecule has 0 bridgehead atoms. The third-order valence-corrected chi connectivity index (χ3v) is 5.90. The number of hydrogen-bond acceptors (Lipinski definition) is 4. The van der Waals surface area contributed by atoms with Crippen molar-refractivity contribution in [3.63, 3.8) is 0 Å². The van der Waals surface area contributed by atoms with Crippen LogP contribution in [0, 0.1) is 17.5 Å². The third-order valence-electron chi connectivity index (χ3n) is 5.90. The first-order valence-corrected chi connectivity index (χ1v) is 10.9. The van der Waals surface area contributed by atoms with E-state index in [1.165, 1.54) is 12.1 Å². The van der Waals surface area contributed by atoms with Crippen LogP contribution in [-0.4, -0.2) is 37.9 Å². The molecule has 182 valence electrons. The molecular weight excluding hydrogens is 475 g/mol. The van der Waals surface area contributed by atoms with E-state index >= 15 is 0 Å². The normalized spacial score (nSPS) is 11.3. The molecule has 8 nitrogen and oxygen atoms in total. The van der Waals surface area contributed by atoms with E-state index in [1.807, 2.05) is 0 Å². The maximum absolute atomic E-state index is 14.8. The van der Waals surface area contributed by atoms with Crippen LogP contribution in [0.25, 0.3) is 32.9 Å². The summed E-state index contributed by atoms with van der Waals surface area (Å²) in [4.78, 5) is 31.8. The number of halogens is 3. The molecule has 2 heterocycles. The van der Waals surface area contributed by atoms with Gasteiger partial charge in [0.05, 0.1) is 22.1 Å². The Morgan fingerprint density at radius 1 is 1.00 bits per heavy atom. The van der Waals surface area contributed by atoms with E-state index in [0.717, 1.165) is 17.0 Å². The summed E-state index contributed by atoms with van der Waals surface area (Å²) >= 11 is 0. The van der Waals surface area contributed by atoms with Gasteiger partial charge in [0.1, 0.15) is 5.82 Å². The molecule has 0 fully saturated rings. The molecule has 3 N–H and O–H groups in total. The van der Waals surface area contributed by atoms with Gasteiger partial charge < -0.3 is 10.1 Å². The Bertz CT molecular complexity index is 1710. The molecular formula is C25H18F3N5O3. The van der Waals surface area contributed by atoms with Gasteiger partial charge in [0.2, 0.25) is 5.95 Å². The van der Waals surface area contributed by atoms with Crippen molar-refractivity contribution >= 4 is 33.8 Å². The molecule has 1 amide bonds. The molecule has 0 unspecified atom stereocenters. The zero-order valence-electron chi connectivity index (χ0n) is 18.8. The van der Waals surface area contributed by atoms with Crippen molar-refractivity contribution in [3.05, 3.63) is 87.6 Å². The van der Waals surface area contributed by atoms with E-state index in [1.54, 1.807) is 31.2 Å². The van der Waals surface area contributed by atoms with Gasteiger partial charge in [-0.15, -0.1) is 0 Å². The van der Waals surface area contributed by atoms with Crippen LogP contribution in [0.3, 0.4) is 0 Å². The van der Waals surface area contributed by atoms with Crippen molar-refractivity contribution < 1.29 is 23.1 Å². The molecule has 0 aliphatic heterocycles. The molecule has 11 heteroatoms. The lowest BCUT2D eigenvalue weighted by Gasteiger charge is -2.12. The predicted molar refractivity (Wildman–Crippen MR) is 128 cm³/mol. The van der Waals surface area contributed by atoms with Gasteiger partial charge in [-0.05, 0) is 54.4 Å². The zero-order valence-corrected chi connectivity index (χ0v) is 18.8. The van der Waals surface area contributed by atoms with Gasteiger partial charge in [-0.25, -0.2) is 32.9 Å². The smallest absolute Gasteiger partial charge is 0.414 e. The Morgan fingerprint density at radius 2 is 1.75 bits per heavy atom. The number of imidazole rings is 1. The maximum atomic E-state index is 14.8. The number of nitrogens with zero attached hydrogens (tertiary/aromatic N) is 3. The molecule has 2 aromatic heterocycles. The minimum atomic E-state index is -1.15. The molecule has 0 atom stereocenters. The van der Waals surface area contributed by atoms with Gasteiger partial charge >= 0.3 is 6.09 Å². The van der Waals surface area contributed by atoms with Crippen molar-refractivity contribution in [2.45, 2.75) is 13.3 Å². The Morgan fingerprint density at radius 3 is 2.47 bits per heavy atom. The minimum absolute atomic E-state index is 0.0384. The molecule has 0 aliphatic carbocycles. The summed E-state index contributed by atoms with van der Waals surface area (Å²) < 4.78 is 42.4. The fourth-order valence-corrected chi connectivity index (χ4v) is 4.11. The second kappa shape index (κ2) is 8.84. The van der Waals surface area contributed by atoms with Crippen molar-refractivity contribution in [2.24, 2.45) is 0 Å². The number of H-pyrrole nitrogens is 2. The SMILES string of the molecule is CCN(C(=O)O)c1nc2cc(-c3cc(Cc4n[nH]c(=O)c5cc(F)c(F)cc45)ccc3F)ccc2[nH]1. The number of hydrogen-bond donors (Lipinski definition) is 3. The van der Waals surface area contributed by atoms with Gasteiger partial charge in [-0.3, -0.25) is 4.79 Å². The first kappa shape index (κ1) is 23.1. The van der Waals surface area contributed by atoms with Crippen LogP contribution in [0.4, 0.5) is 23.9 Å². The van der Waals surface area contributed by atoms with Crippen molar-refractivity contribution in [1.82, 2.24) is 20.2 Å². The summed E-state index contributed by atoms with van der Waals surface area (Å²) in [7, 11) is 0. The topological polar surface area (TPSA) is 115 Å². The van der Waals surface area contributed by atoms with Crippen molar-refractivity contribution in [3.8, 4) is 11.1 Å². The van der Waals surface area contributed by atoms with E-state index < -0.39 is 29.1 Å². The highest BCUT2D eigenvalue weighted by Crippen LogP contribution is 2.29. The number of carbonyl (C=O) groups is 1. The van der Waals surface area contributed by atoms with Gasteiger partial charge in [0.15, 0.2) is 11.6 Å². The standard InChI is InChI=1S/C25H18F3N5O3/c1-2-33(25(35)36)24-29-20-6-4-13(9-22(20)30-24)14-7-12(3-5-17(14)26)8-21-15-10-18(27)19(28)11-16(15)23(34)32-31-21/h3-7,9-11H,2,8H2,1H3,(H,29,30)(H,32,34)(H,35,36). The second-order valence-electron chi connectivity index (χ2n) is 8.12. The number of benzene rings is 3. The lowest BCUT2D eigenvalue weighted by molar-refractivity contribution is 0.202. The molecule has 36 heavy (non-hydrogen) atoms. The summed E-state index contributed by atoms with van der Waals surface area (Å²) in [6.45, 7) is 1.88. The lowest BCUT2D eigenvalue weighted by Crippen LogP contribution is -2.29. The Kier molecular flexibility index (Phi) is 5.67. The van der Waals surface area contributed by atoms with Crippen LogP contribution in [0.1, 0.15) is 18.2 Å². The zero-order chi connectivity index (χ0) is 25.6. The molecule has 0 saturated heterocycles. The molecule has 0 saturated carbocycles. The summed E-state index contributed by atoms with van der Waals surface area (Å²) in [5.41, 5.74) is 2.07. The highest BCUT2D eigenvalue weighted by atomic mass is 19.2. The third kappa shape index (κ3) is 4.04. The Balaban J connectivity index is 1.54. The number of amides is 1. The van der Waals surface area contributed by atoms with Crippen LogP contribution in [-0.2, 0) is 6.42 Å². The quantitative estimate of drug-likeness (QED) is 0.320. The predicted octanol–water partition coefficient (Wildman–Crippen LogP) is 4.98. The number of aromatic nitrogens is 4. The van der Waals surface area contributed by atoms with Gasteiger partial charge in [0, 0.05) is 23.9 Å². The average Bonchev–Trinajstić information content (AvgIpc) is 3.26. The van der Waals surface area contributed by atoms with Crippen LogP contribution in [0.15, 0.2) is 53.3 Å². The first-order chi connectivity index (χ1) is 17.2. The monoisotopic (exact) mass is 493 g/mol. The molecule has 5 aromatic rings. The van der Waals surface area contributed by atoms with E-state index in [9.17, 15) is 27.9 Å². The number of fused-ring (bicyclic) bond motifs is 2. The number of rotatable bonds is 5. The van der Waals surface area contributed by atoms with Gasteiger partial charge in [0.25, 0.3) is 5.56 Å². The van der Waals surface area contributed by atoms with Gasteiger partial charge in [-0.2, -0.15) is 5.10 Å². The largest absolute Gasteiger partial charge is 0.465 e. The highest BCUT2D eigenvalue weighted by Gasteiger charge is 2.18. The molecule has 5 rings (SSSR count). The summed E-state index contributed by atoms with van der Waals surface area (Å²) in [6.07, 6.45) is -1.04. The summed E-state index contributed by atoms with van der Waals surface area (Å²) in [5, 5.41) is 15.7. The fraction of sp³-hybridized carbons (Fsp3) is 0.120.